The Morgan fingerprint density at radius 2 is 1.84 bits per heavy atom. The molecule has 4 rings (SSSR count). The van der Waals surface area contributed by atoms with Gasteiger partial charge in [0.05, 0.1) is 23.3 Å². The van der Waals surface area contributed by atoms with Gasteiger partial charge in [-0.25, -0.2) is 9.79 Å². The molecule has 3 aromatic rings. The standard InChI is InChI=1S/C23H23N3O4S/c1-3-29-19-11-5-16(6-12-19)13-20-21(27)26-15-25(14-24-23(26)31-20)18-9-7-17(8-10-18)22(28)30-4-2/h5-13H,3-4,14-15H2,1-2H3/b20-13-. The Balaban J connectivity index is 1.56. The zero-order valence-corrected chi connectivity index (χ0v) is 18.2. The molecule has 0 atom stereocenters. The average molecular weight is 438 g/mol. The van der Waals surface area contributed by atoms with Gasteiger partial charge in [0.1, 0.15) is 19.1 Å². The molecule has 8 heteroatoms. The van der Waals surface area contributed by atoms with Crippen LogP contribution in [0, 0.1) is 0 Å². The van der Waals surface area contributed by atoms with Crippen molar-refractivity contribution in [1.82, 2.24) is 4.57 Å². The summed E-state index contributed by atoms with van der Waals surface area (Å²) in [6, 6.07) is 14.8. The zero-order chi connectivity index (χ0) is 21.8. The third-order valence-electron chi connectivity index (χ3n) is 4.81. The first-order chi connectivity index (χ1) is 15.1. The summed E-state index contributed by atoms with van der Waals surface area (Å²) in [4.78, 5) is 32.1. The lowest BCUT2D eigenvalue weighted by Gasteiger charge is -2.25. The number of aromatic nitrogens is 1. The van der Waals surface area contributed by atoms with Crippen LogP contribution in [0.3, 0.4) is 0 Å². The largest absolute Gasteiger partial charge is 0.494 e. The van der Waals surface area contributed by atoms with Crippen LogP contribution in [0.4, 0.5) is 5.69 Å². The van der Waals surface area contributed by atoms with Gasteiger partial charge in [-0.05, 0) is 61.9 Å². The Bertz CT molecular complexity index is 1240. The van der Waals surface area contributed by atoms with Crippen LogP contribution in [0.1, 0.15) is 29.8 Å². The van der Waals surface area contributed by atoms with Crippen molar-refractivity contribution in [2.45, 2.75) is 20.5 Å². The molecule has 1 aromatic heterocycles. The third kappa shape index (κ3) is 4.54. The topological polar surface area (TPSA) is 73.1 Å². The second-order valence-corrected chi connectivity index (χ2v) is 7.89. The van der Waals surface area contributed by atoms with E-state index in [0.29, 0.717) is 41.4 Å². The molecular weight excluding hydrogens is 414 g/mol. The maximum atomic E-state index is 12.9. The first-order valence-electron chi connectivity index (χ1n) is 10.1. The average Bonchev–Trinajstić information content (AvgIpc) is 3.10. The number of esters is 1. The van der Waals surface area contributed by atoms with Gasteiger partial charge in [0, 0.05) is 5.69 Å². The number of anilines is 1. The summed E-state index contributed by atoms with van der Waals surface area (Å²) in [5, 5.41) is 0. The number of rotatable bonds is 6. The third-order valence-corrected chi connectivity index (χ3v) is 5.85. The number of nitrogens with zero attached hydrogens (tertiary/aromatic N) is 3. The van der Waals surface area contributed by atoms with Crippen molar-refractivity contribution in [2.24, 2.45) is 4.99 Å². The van der Waals surface area contributed by atoms with Gasteiger partial charge in [0.2, 0.25) is 0 Å². The summed E-state index contributed by atoms with van der Waals surface area (Å²) in [6.45, 7) is 5.53. The van der Waals surface area contributed by atoms with Crippen LogP contribution in [0.25, 0.3) is 6.08 Å². The predicted molar refractivity (Wildman–Crippen MR) is 120 cm³/mol. The number of carbonyl (C=O) groups is 1. The van der Waals surface area contributed by atoms with Crippen LogP contribution in [0.2, 0.25) is 0 Å². The first kappa shape index (κ1) is 20.9. The lowest BCUT2D eigenvalue weighted by Crippen LogP contribution is -2.42. The lowest BCUT2D eigenvalue weighted by atomic mass is 10.2. The molecule has 7 nitrogen and oxygen atoms in total. The van der Waals surface area contributed by atoms with Crippen molar-refractivity contribution >= 4 is 29.1 Å². The molecule has 0 spiro atoms. The zero-order valence-electron chi connectivity index (χ0n) is 17.4. The Morgan fingerprint density at radius 3 is 2.52 bits per heavy atom. The van der Waals surface area contributed by atoms with E-state index in [-0.39, 0.29) is 11.5 Å². The Labute approximate surface area is 183 Å². The van der Waals surface area contributed by atoms with E-state index in [9.17, 15) is 9.59 Å². The van der Waals surface area contributed by atoms with Gasteiger partial charge in [-0.15, -0.1) is 0 Å². The summed E-state index contributed by atoms with van der Waals surface area (Å²) in [5.41, 5.74) is 2.26. The van der Waals surface area contributed by atoms with Crippen molar-refractivity contribution in [3.05, 3.63) is 79.3 Å². The number of thiazole rings is 1. The fourth-order valence-corrected chi connectivity index (χ4v) is 4.24. The summed E-state index contributed by atoms with van der Waals surface area (Å²) < 4.78 is 12.8. The fraction of sp³-hybridized carbons (Fsp3) is 0.261. The van der Waals surface area contributed by atoms with Gasteiger partial charge in [-0.2, -0.15) is 0 Å². The van der Waals surface area contributed by atoms with E-state index in [1.54, 1.807) is 23.6 Å². The van der Waals surface area contributed by atoms with Gasteiger partial charge in [-0.3, -0.25) is 9.36 Å². The van der Waals surface area contributed by atoms with Crippen molar-refractivity contribution in [3.63, 3.8) is 0 Å². The SMILES string of the molecule is CCOC(=O)c1ccc(N2CN=c3s/c(=C\c4ccc(OCC)cc4)c(=O)n3C2)cc1. The van der Waals surface area contributed by atoms with Crippen LogP contribution in [-0.2, 0) is 11.4 Å². The van der Waals surface area contributed by atoms with E-state index in [4.69, 9.17) is 9.47 Å². The normalized spacial score (nSPS) is 13.5. The number of carbonyl (C=O) groups excluding carboxylic acids is 1. The Morgan fingerprint density at radius 1 is 1.10 bits per heavy atom. The minimum Gasteiger partial charge on any atom is -0.494 e. The van der Waals surface area contributed by atoms with E-state index in [0.717, 1.165) is 17.0 Å². The van der Waals surface area contributed by atoms with Crippen molar-refractivity contribution in [1.29, 1.82) is 0 Å². The highest BCUT2D eigenvalue weighted by atomic mass is 32.1. The molecule has 0 amide bonds. The van der Waals surface area contributed by atoms with Crippen molar-refractivity contribution in [2.75, 3.05) is 24.8 Å². The molecule has 160 valence electrons. The highest BCUT2D eigenvalue weighted by molar-refractivity contribution is 7.07. The van der Waals surface area contributed by atoms with Crippen molar-refractivity contribution < 1.29 is 14.3 Å². The second-order valence-electron chi connectivity index (χ2n) is 6.88. The molecule has 0 bridgehead atoms. The quantitative estimate of drug-likeness (QED) is 0.554. The molecule has 0 saturated heterocycles. The minimum atomic E-state index is -0.344. The summed E-state index contributed by atoms with van der Waals surface area (Å²) in [7, 11) is 0. The van der Waals surface area contributed by atoms with Crippen LogP contribution in [0.5, 0.6) is 5.75 Å². The summed E-state index contributed by atoms with van der Waals surface area (Å²) in [5.74, 6) is 0.463. The second kappa shape index (κ2) is 9.18. The molecule has 1 aliphatic heterocycles. The minimum absolute atomic E-state index is 0.0644. The van der Waals surface area contributed by atoms with Crippen LogP contribution < -0.4 is 24.5 Å². The molecule has 2 heterocycles. The van der Waals surface area contributed by atoms with Gasteiger partial charge in [0.25, 0.3) is 5.56 Å². The maximum absolute atomic E-state index is 12.9. The molecule has 0 fully saturated rings. The predicted octanol–water partition coefficient (Wildman–Crippen LogP) is 2.37. The molecule has 0 N–H and O–H groups in total. The lowest BCUT2D eigenvalue weighted by molar-refractivity contribution is 0.0526. The number of fused-ring (bicyclic) bond motifs is 1. The smallest absolute Gasteiger partial charge is 0.338 e. The maximum Gasteiger partial charge on any atom is 0.338 e. The number of hydrogen-bond acceptors (Lipinski definition) is 7. The highest BCUT2D eigenvalue weighted by Gasteiger charge is 2.16. The van der Waals surface area contributed by atoms with E-state index < -0.39 is 0 Å². The van der Waals surface area contributed by atoms with Crippen molar-refractivity contribution in [3.8, 4) is 5.75 Å². The number of ether oxygens (including phenoxy) is 2. The summed E-state index contributed by atoms with van der Waals surface area (Å²) >= 11 is 1.39. The van der Waals surface area contributed by atoms with Gasteiger partial charge < -0.3 is 14.4 Å². The molecule has 1 aliphatic rings. The highest BCUT2D eigenvalue weighted by Crippen LogP contribution is 2.17. The molecule has 31 heavy (non-hydrogen) atoms. The van der Waals surface area contributed by atoms with E-state index in [1.807, 2.05) is 54.3 Å². The Hall–Kier alpha value is -3.39. The molecule has 0 saturated carbocycles. The monoisotopic (exact) mass is 437 g/mol. The summed E-state index contributed by atoms with van der Waals surface area (Å²) in [6.07, 6.45) is 1.88. The molecule has 0 unspecified atom stereocenters. The molecule has 2 aromatic carbocycles. The molecule has 0 aliphatic carbocycles. The van der Waals surface area contributed by atoms with E-state index in [2.05, 4.69) is 4.99 Å². The number of hydrogen-bond donors (Lipinski definition) is 0. The van der Waals surface area contributed by atoms with E-state index >= 15 is 0 Å². The van der Waals surface area contributed by atoms with Gasteiger partial charge in [-0.1, -0.05) is 23.5 Å². The van der Waals surface area contributed by atoms with Gasteiger partial charge >= 0.3 is 5.97 Å². The number of benzene rings is 2. The first-order valence-corrected chi connectivity index (χ1v) is 10.9. The van der Waals surface area contributed by atoms with Gasteiger partial charge in [0.15, 0.2) is 4.80 Å². The Kier molecular flexibility index (Phi) is 6.18. The van der Waals surface area contributed by atoms with Crippen LogP contribution >= 0.6 is 11.3 Å². The molecule has 0 radical (unpaired) electrons. The van der Waals surface area contributed by atoms with Crippen LogP contribution in [0.15, 0.2) is 58.3 Å². The fourth-order valence-electron chi connectivity index (χ4n) is 3.28. The van der Waals surface area contributed by atoms with Crippen LogP contribution in [-0.4, -0.2) is 30.4 Å². The molecular formula is C23H23N3O4S. The van der Waals surface area contributed by atoms with E-state index in [1.165, 1.54) is 11.3 Å².